The van der Waals surface area contributed by atoms with Crippen LogP contribution in [-0.4, -0.2) is 16.0 Å². The van der Waals surface area contributed by atoms with Gasteiger partial charge in [0.05, 0.1) is 16.6 Å². The van der Waals surface area contributed by atoms with Crippen LogP contribution in [0, 0.1) is 20.8 Å². The number of carbonyl (C=O) groups is 1. The number of aryl methyl sites for hydroxylation is 3. The van der Waals surface area contributed by atoms with E-state index in [0.717, 1.165) is 32.3 Å². The lowest BCUT2D eigenvalue weighted by atomic mass is 10.1. The molecule has 4 rings (SSSR count). The Balaban J connectivity index is 1.57. The van der Waals surface area contributed by atoms with Crippen LogP contribution in [0.3, 0.4) is 0 Å². The maximum atomic E-state index is 12.4. The molecule has 0 aliphatic carbocycles. The summed E-state index contributed by atoms with van der Waals surface area (Å²) < 4.78 is 6.42. The van der Waals surface area contributed by atoms with E-state index in [-0.39, 0.29) is 12.3 Å². The van der Waals surface area contributed by atoms with E-state index in [0.29, 0.717) is 16.4 Å². The van der Waals surface area contributed by atoms with Crippen molar-refractivity contribution in [3.05, 3.63) is 52.7 Å². The summed E-state index contributed by atoms with van der Waals surface area (Å²) in [6.45, 7) is 6.08. The SMILES string of the molecule is Cc1cc2onc(CC(=O)Nc3nc4c(C)cccc4s3)c2cc1C. The van der Waals surface area contributed by atoms with E-state index in [9.17, 15) is 4.79 Å². The fourth-order valence-corrected chi connectivity index (χ4v) is 3.79. The summed E-state index contributed by atoms with van der Waals surface area (Å²) in [6.07, 6.45) is 0.157. The highest BCUT2D eigenvalue weighted by atomic mass is 32.1. The van der Waals surface area contributed by atoms with Crippen LogP contribution < -0.4 is 5.32 Å². The number of nitrogens with one attached hydrogen (secondary N) is 1. The molecule has 5 nitrogen and oxygen atoms in total. The Hall–Kier alpha value is -2.73. The van der Waals surface area contributed by atoms with Crippen LogP contribution in [0.1, 0.15) is 22.4 Å². The van der Waals surface area contributed by atoms with Gasteiger partial charge in [-0.25, -0.2) is 4.98 Å². The van der Waals surface area contributed by atoms with Crippen molar-refractivity contribution in [2.75, 3.05) is 5.32 Å². The average Bonchev–Trinajstić information content (AvgIpc) is 3.13. The van der Waals surface area contributed by atoms with Crippen LogP contribution >= 0.6 is 11.3 Å². The molecule has 2 heterocycles. The highest BCUT2D eigenvalue weighted by molar-refractivity contribution is 7.22. The molecule has 0 atom stereocenters. The lowest BCUT2D eigenvalue weighted by Crippen LogP contribution is -2.14. The molecule has 0 bridgehead atoms. The molecule has 0 radical (unpaired) electrons. The molecule has 6 heteroatoms. The van der Waals surface area contributed by atoms with Gasteiger partial charge >= 0.3 is 0 Å². The molecule has 126 valence electrons. The topological polar surface area (TPSA) is 68.0 Å². The van der Waals surface area contributed by atoms with Gasteiger partial charge in [0.1, 0.15) is 5.69 Å². The summed E-state index contributed by atoms with van der Waals surface area (Å²) in [6, 6.07) is 9.99. The maximum Gasteiger partial charge on any atom is 0.232 e. The predicted octanol–water partition coefficient (Wildman–Crippen LogP) is 4.54. The Morgan fingerprint density at radius 3 is 2.76 bits per heavy atom. The summed E-state index contributed by atoms with van der Waals surface area (Å²) in [5.74, 6) is -0.148. The maximum absolute atomic E-state index is 12.4. The molecular weight excluding hydrogens is 334 g/mol. The van der Waals surface area contributed by atoms with Crippen molar-refractivity contribution < 1.29 is 9.32 Å². The third kappa shape index (κ3) is 2.89. The number of thiazole rings is 1. The van der Waals surface area contributed by atoms with Crippen molar-refractivity contribution in [3.8, 4) is 0 Å². The molecule has 0 unspecified atom stereocenters. The summed E-state index contributed by atoms with van der Waals surface area (Å²) >= 11 is 1.47. The molecule has 1 N–H and O–H groups in total. The van der Waals surface area contributed by atoms with Crippen molar-refractivity contribution in [2.45, 2.75) is 27.2 Å². The largest absolute Gasteiger partial charge is 0.356 e. The van der Waals surface area contributed by atoms with Gasteiger partial charge in [0.2, 0.25) is 5.91 Å². The number of hydrogen-bond acceptors (Lipinski definition) is 5. The first-order valence-electron chi connectivity index (χ1n) is 8.03. The monoisotopic (exact) mass is 351 g/mol. The second kappa shape index (κ2) is 5.97. The molecule has 0 saturated carbocycles. The third-order valence-corrected chi connectivity index (χ3v) is 5.29. The molecule has 2 aromatic heterocycles. The number of para-hydroxylation sites is 1. The standard InChI is InChI=1S/C19H17N3O2S/c1-10-5-4-6-16-18(10)21-19(25-16)20-17(23)9-14-13-7-11(2)12(3)8-15(13)24-22-14/h4-8H,9H2,1-3H3,(H,20,21,23). The second-order valence-electron chi connectivity index (χ2n) is 6.23. The van der Waals surface area contributed by atoms with E-state index in [4.69, 9.17) is 4.52 Å². The number of hydrogen-bond donors (Lipinski definition) is 1. The first-order chi connectivity index (χ1) is 12.0. The molecule has 0 spiro atoms. The van der Waals surface area contributed by atoms with Crippen molar-refractivity contribution >= 4 is 43.6 Å². The van der Waals surface area contributed by atoms with Crippen LogP contribution in [0.4, 0.5) is 5.13 Å². The zero-order valence-electron chi connectivity index (χ0n) is 14.2. The number of aromatic nitrogens is 2. The smallest absolute Gasteiger partial charge is 0.232 e. The highest BCUT2D eigenvalue weighted by Gasteiger charge is 2.15. The van der Waals surface area contributed by atoms with Gasteiger partial charge in [-0.15, -0.1) is 0 Å². The number of carbonyl (C=O) groups excluding carboxylic acids is 1. The molecule has 0 aliphatic heterocycles. The first kappa shape index (κ1) is 15.8. The summed E-state index contributed by atoms with van der Waals surface area (Å²) in [5, 5.41) is 8.43. The average molecular weight is 351 g/mol. The van der Waals surface area contributed by atoms with Gasteiger partial charge in [0, 0.05) is 5.39 Å². The zero-order valence-corrected chi connectivity index (χ0v) is 15.0. The molecule has 25 heavy (non-hydrogen) atoms. The zero-order chi connectivity index (χ0) is 17.6. The highest BCUT2D eigenvalue weighted by Crippen LogP contribution is 2.28. The van der Waals surface area contributed by atoms with E-state index in [2.05, 4.69) is 15.5 Å². The van der Waals surface area contributed by atoms with Gasteiger partial charge in [-0.3, -0.25) is 4.79 Å². The lowest BCUT2D eigenvalue weighted by Gasteiger charge is -2.01. The number of fused-ring (bicyclic) bond motifs is 2. The fraction of sp³-hybridized carbons (Fsp3) is 0.211. The van der Waals surface area contributed by atoms with Gasteiger partial charge in [0.15, 0.2) is 10.7 Å². The third-order valence-electron chi connectivity index (χ3n) is 4.36. The molecule has 4 aromatic rings. The predicted molar refractivity (Wildman–Crippen MR) is 100 cm³/mol. The summed E-state index contributed by atoms with van der Waals surface area (Å²) in [4.78, 5) is 16.9. The van der Waals surface area contributed by atoms with Crippen molar-refractivity contribution in [2.24, 2.45) is 0 Å². The van der Waals surface area contributed by atoms with E-state index in [1.54, 1.807) is 0 Å². The number of rotatable bonds is 3. The summed E-state index contributed by atoms with van der Waals surface area (Å²) in [5.41, 5.74) is 5.68. The minimum absolute atomic E-state index is 0.148. The van der Waals surface area contributed by atoms with Gasteiger partial charge < -0.3 is 9.84 Å². The molecule has 0 aliphatic rings. The van der Waals surface area contributed by atoms with Crippen molar-refractivity contribution in [3.63, 3.8) is 0 Å². The van der Waals surface area contributed by atoms with E-state index < -0.39 is 0 Å². The van der Waals surface area contributed by atoms with Gasteiger partial charge in [0.25, 0.3) is 0 Å². The molecule has 2 aromatic carbocycles. The Bertz CT molecular complexity index is 1110. The van der Waals surface area contributed by atoms with Crippen LogP contribution in [0.25, 0.3) is 21.2 Å². The number of benzene rings is 2. The minimum atomic E-state index is -0.148. The molecule has 1 amide bonds. The van der Waals surface area contributed by atoms with Crippen LogP contribution in [0.15, 0.2) is 34.9 Å². The number of nitrogens with zero attached hydrogens (tertiary/aromatic N) is 2. The first-order valence-corrected chi connectivity index (χ1v) is 8.84. The van der Waals surface area contributed by atoms with E-state index in [1.807, 2.05) is 51.1 Å². The van der Waals surface area contributed by atoms with Crippen molar-refractivity contribution in [1.82, 2.24) is 10.1 Å². The van der Waals surface area contributed by atoms with Crippen LogP contribution in [0.5, 0.6) is 0 Å². The Kier molecular flexibility index (Phi) is 3.77. The Morgan fingerprint density at radius 2 is 1.96 bits per heavy atom. The fourth-order valence-electron chi connectivity index (χ4n) is 2.83. The van der Waals surface area contributed by atoms with Crippen LogP contribution in [0.2, 0.25) is 0 Å². The minimum Gasteiger partial charge on any atom is -0.356 e. The molecular formula is C19H17N3O2S. The number of amides is 1. The number of anilines is 1. The van der Waals surface area contributed by atoms with Gasteiger partial charge in [-0.2, -0.15) is 0 Å². The van der Waals surface area contributed by atoms with E-state index >= 15 is 0 Å². The van der Waals surface area contributed by atoms with E-state index in [1.165, 1.54) is 11.3 Å². The Labute approximate surface area is 148 Å². The second-order valence-corrected chi connectivity index (χ2v) is 7.26. The molecule has 0 saturated heterocycles. The summed E-state index contributed by atoms with van der Waals surface area (Å²) in [7, 11) is 0. The van der Waals surface area contributed by atoms with Crippen LogP contribution in [-0.2, 0) is 11.2 Å². The van der Waals surface area contributed by atoms with Gasteiger partial charge in [-0.1, -0.05) is 28.6 Å². The quantitative estimate of drug-likeness (QED) is 0.588. The lowest BCUT2D eigenvalue weighted by molar-refractivity contribution is -0.115. The van der Waals surface area contributed by atoms with Gasteiger partial charge in [-0.05, 0) is 55.7 Å². The van der Waals surface area contributed by atoms with Crippen molar-refractivity contribution in [1.29, 1.82) is 0 Å². The molecule has 0 fully saturated rings. The Morgan fingerprint density at radius 1 is 1.16 bits per heavy atom. The normalized spacial score (nSPS) is 11.3.